The van der Waals surface area contributed by atoms with Crippen LogP contribution in [0, 0.1) is 5.41 Å². The highest BCUT2D eigenvalue weighted by atomic mass is 35.5. The van der Waals surface area contributed by atoms with Gasteiger partial charge in [-0.1, -0.05) is 50.6 Å². The van der Waals surface area contributed by atoms with Crippen molar-refractivity contribution in [2.24, 2.45) is 5.41 Å². The Hall–Kier alpha value is -0.490. The zero-order valence-corrected chi connectivity index (χ0v) is 11.3. The zero-order chi connectivity index (χ0) is 11.9. The number of alkyl halides is 1. The lowest BCUT2D eigenvalue weighted by Crippen LogP contribution is -2.18. The van der Waals surface area contributed by atoms with Crippen molar-refractivity contribution in [3.05, 3.63) is 35.9 Å². The van der Waals surface area contributed by atoms with Crippen LogP contribution in [-0.2, 0) is 6.42 Å². The van der Waals surface area contributed by atoms with Gasteiger partial charge >= 0.3 is 0 Å². The summed E-state index contributed by atoms with van der Waals surface area (Å²) < 4.78 is 0. The van der Waals surface area contributed by atoms with Crippen LogP contribution in [0.1, 0.15) is 45.1 Å². The fourth-order valence-electron chi connectivity index (χ4n) is 2.23. The Balaban J connectivity index is 2.34. The molecular weight excluding hydrogens is 216 g/mol. The molecule has 0 radical (unpaired) electrons. The van der Waals surface area contributed by atoms with Crippen molar-refractivity contribution in [3.8, 4) is 0 Å². The first kappa shape index (κ1) is 13.6. The molecular formula is C15H23Cl. The fraction of sp³-hybridized carbons (Fsp3) is 0.600. The molecule has 0 heterocycles. The monoisotopic (exact) mass is 238 g/mol. The maximum absolute atomic E-state index is 6.07. The lowest BCUT2D eigenvalue weighted by Gasteiger charge is -2.26. The summed E-state index contributed by atoms with van der Waals surface area (Å²) in [7, 11) is 0. The first-order valence-corrected chi connectivity index (χ1v) is 6.83. The molecule has 16 heavy (non-hydrogen) atoms. The third-order valence-electron chi connectivity index (χ3n) is 3.26. The third kappa shape index (κ3) is 4.57. The standard InChI is InChI=1S/C15H23Cl/c1-3-11-15(2,13-16)12-7-10-14-8-5-4-6-9-14/h4-6,8-9H,3,7,10-13H2,1-2H3. The van der Waals surface area contributed by atoms with Crippen LogP contribution in [0.15, 0.2) is 30.3 Å². The molecule has 1 heteroatoms. The first-order chi connectivity index (χ1) is 7.70. The minimum absolute atomic E-state index is 0.338. The molecule has 1 aromatic carbocycles. The van der Waals surface area contributed by atoms with Crippen LogP contribution < -0.4 is 0 Å². The summed E-state index contributed by atoms with van der Waals surface area (Å²) in [5, 5.41) is 0. The maximum Gasteiger partial charge on any atom is 0.0277 e. The highest BCUT2D eigenvalue weighted by Crippen LogP contribution is 2.31. The number of hydrogen-bond acceptors (Lipinski definition) is 0. The van der Waals surface area contributed by atoms with Gasteiger partial charge in [0.1, 0.15) is 0 Å². The third-order valence-corrected chi connectivity index (χ3v) is 3.91. The Morgan fingerprint density at radius 1 is 1.12 bits per heavy atom. The summed E-state index contributed by atoms with van der Waals surface area (Å²) in [6.45, 7) is 4.55. The lowest BCUT2D eigenvalue weighted by molar-refractivity contribution is 0.302. The van der Waals surface area contributed by atoms with Crippen molar-refractivity contribution in [1.29, 1.82) is 0 Å². The molecule has 1 unspecified atom stereocenters. The van der Waals surface area contributed by atoms with Crippen molar-refractivity contribution in [2.75, 3.05) is 5.88 Å². The minimum atomic E-state index is 0.338. The Kier molecular flexibility index (Phi) is 5.90. The number of aryl methyl sites for hydroxylation is 1. The van der Waals surface area contributed by atoms with Crippen molar-refractivity contribution in [3.63, 3.8) is 0 Å². The number of halogens is 1. The zero-order valence-electron chi connectivity index (χ0n) is 10.5. The second kappa shape index (κ2) is 6.96. The average molecular weight is 239 g/mol. The van der Waals surface area contributed by atoms with E-state index in [2.05, 4.69) is 44.2 Å². The van der Waals surface area contributed by atoms with Crippen LogP contribution in [0.5, 0.6) is 0 Å². The van der Waals surface area contributed by atoms with E-state index < -0.39 is 0 Å². The van der Waals surface area contributed by atoms with Crippen molar-refractivity contribution < 1.29 is 0 Å². The molecule has 0 amide bonds. The van der Waals surface area contributed by atoms with Gasteiger partial charge < -0.3 is 0 Å². The van der Waals surface area contributed by atoms with E-state index in [-0.39, 0.29) is 0 Å². The first-order valence-electron chi connectivity index (χ1n) is 6.30. The van der Waals surface area contributed by atoms with Crippen molar-refractivity contribution in [2.45, 2.75) is 46.0 Å². The van der Waals surface area contributed by atoms with Crippen LogP contribution in [0.3, 0.4) is 0 Å². The van der Waals surface area contributed by atoms with Crippen LogP contribution in [0.4, 0.5) is 0 Å². The predicted octanol–water partition coefficient (Wildman–Crippen LogP) is 5.05. The second-order valence-electron chi connectivity index (χ2n) is 5.03. The van der Waals surface area contributed by atoms with Gasteiger partial charge in [0, 0.05) is 5.88 Å². The molecule has 0 bridgehead atoms. The van der Waals surface area contributed by atoms with E-state index in [1.165, 1.54) is 37.7 Å². The van der Waals surface area contributed by atoms with Crippen molar-refractivity contribution >= 4 is 11.6 Å². The summed E-state index contributed by atoms with van der Waals surface area (Å²) in [5.74, 6) is 0.787. The van der Waals surface area contributed by atoms with E-state index in [0.29, 0.717) is 5.41 Å². The molecule has 0 fully saturated rings. The van der Waals surface area contributed by atoms with E-state index in [4.69, 9.17) is 11.6 Å². The Bertz CT molecular complexity index is 281. The summed E-state index contributed by atoms with van der Waals surface area (Å²) in [6.07, 6.45) is 6.13. The largest absolute Gasteiger partial charge is 0.126 e. The van der Waals surface area contributed by atoms with Crippen LogP contribution in [0.25, 0.3) is 0 Å². The lowest BCUT2D eigenvalue weighted by atomic mass is 9.82. The second-order valence-corrected chi connectivity index (χ2v) is 5.30. The molecule has 0 N–H and O–H groups in total. The topological polar surface area (TPSA) is 0 Å². The SMILES string of the molecule is CCCC(C)(CCl)CCCc1ccccc1. The summed E-state index contributed by atoms with van der Waals surface area (Å²) in [5.41, 5.74) is 1.78. The number of benzene rings is 1. The van der Waals surface area contributed by atoms with Crippen LogP contribution in [0.2, 0.25) is 0 Å². The molecule has 1 atom stereocenters. The molecule has 0 aliphatic carbocycles. The smallest absolute Gasteiger partial charge is 0.0277 e. The van der Waals surface area contributed by atoms with Crippen LogP contribution >= 0.6 is 11.6 Å². The highest BCUT2D eigenvalue weighted by molar-refractivity contribution is 6.18. The predicted molar refractivity (Wildman–Crippen MR) is 73.1 cm³/mol. The van der Waals surface area contributed by atoms with E-state index in [1.54, 1.807) is 0 Å². The average Bonchev–Trinajstić information content (AvgIpc) is 2.31. The highest BCUT2D eigenvalue weighted by Gasteiger charge is 2.21. The van der Waals surface area contributed by atoms with E-state index in [0.717, 1.165) is 5.88 Å². The van der Waals surface area contributed by atoms with Gasteiger partial charge in [0.25, 0.3) is 0 Å². The van der Waals surface area contributed by atoms with Gasteiger partial charge in [0.15, 0.2) is 0 Å². The van der Waals surface area contributed by atoms with Gasteiger partial charge in [-0.15, -0.1) is 11.6 Å². The van der Waals surface area contributed by atoms with Gasteiger partial charge in [-0.2, -0.15) is 0 Å². The van der Waals surface area contributed by atoms with Gasteiger partial charge in [-0.3, -0.25) is 0 Å². The molecule has 0 saturated carbocycles. The molecule has 0 saturated heterocycles. The molecule has 0 spiro atoms. The van der Waals surface area contributed by atoms with Gasteiger partial charge in [-0.25, -0.2) is 0 Å². The molecule has 0 nitrogen and oxygen atoms in total. The van der Waals surface area contributed by atoms with E-state index in [1.807, 2.05) is 0 Å². The van der Waals surface area contributed by atoms with Gasteiger partial charge in [-0.05, 0) is 36.7 Å². The molecule has 0 aliphatic heterocycles. The Morgan fingerprint density at radius 3 is 2.38 bits per heavy atom. The fourth-order valence-corrected chi connectivity index (χ4v) is 2.49. The van der Waals surface area contributed by atoms with E-state index in [9.17, 15) is 0 Å². The van der Waals surface area contributed by atoms with Crippen LogP contribution in [-0.4, -0.2) is 5.88 Å². The number of rotatable bonds is 7. The summed E-state index contributed by atoms with van der Waals surface area (Å²) >= 11 is 6.07. The molecule has 1 rings (SSSR count). The van der Waals surface area contributed by atoms with Crippen molar-refractivity contribution in [1.82, 2.24) is 0 Å². The van der Waals surface area contributed by atoms with Gasteiger partial charge in [0.2, 0.25) is 0 Å². The Labute approximate surface area is 105 Å². The Morgan fingerprint density at radius 2 is 1.81 bits per heavy atom. The number of hydrogen-bond donors (Lipinski definition) is 0. The molecule has 0 aromatic heterocycles. The molecule has 0 aliphatic rings. The minimum Gasteiger partial charge on any atom is -0.126 e. The summed E-state index contributed by atoms with van der Waals surface area (Å²) in [6, 6.07) is 10.7. The van der Waals surface area contributed by atoms with Gasteiger partial charge in [0.05, 0.1) is 0 Å². The molecule has 90 valence electrons. The quantitative estimate of drug-likeness (QED) is 0.583. The molecule has 1 aromatic rings. The maximum atomic E-state index is 6.07. The normalized spacial score (nSPS) is 14.7. The van der Waals surface area contributed by atoms with E-state index >= 15 is 0 Å². The summed E-state index contributed by atoms with van der Waals surface area (Å²) in [4.78, 5) is 0.